The Bertz CT molecular complexity index is 303. The van der Waals surface area contributed by atoms with E-state index in [4.69, 9.17) is 5.11 Å². The molecular weight excluding hydrogens is 244 g/mol. The number of aliphatic carboxylic acids is 1. The smallest absolute Gasteiger partial charge is 0.321 e. The Hall–Kier alpha value is -1.24. The largest absolute Gasteiger partial charge is 0.481 e. The second-order valence-electron chi connectivity index (χ2n) is 3.88. The van der Waals surface area contributed by atoms with E-state index in [1.165, 1.54) is 0 Å². The van der Waals surface area contributed by atoms with Crippen LogP contribution in [0.5, 0.6) is 0 Å². The lowest BCUT2D eigenvalue weighted by molar-refractivity contribution is -0.138. The molecular formula is C10H16N2O4S. The maximum atomic E-state index is 11.3. The Morgan fingerprint density at radius 1 is 1.29 bits per heavy atom. The van der Waals surface area contributed by atoms with Gasteiger partial charge in [0.15, 0.2) is 0 Å². The highest BCUT2D eigenvalue weighted by Crippen LogP contribution is 2.22. The molecule has 7 heteroatoms. The number of hydrogen-bond acceptors (Lipinski definition) is 4. The molecule has 1 atom stereocenters. The molecule has 6 nitrogen and oxygen atoms in total. The number of urea groups is 1. The van der Waals surface area contributed by atoms with Crippen LogP contribution in [0.15, 0.2) is 0 Å². The summed E-state index contributed by atoms with van der Waals surface area (Å²) in [6.45, 7) is 0.561. The van der Waals surface area contributed by atoms with Crippen molar-refractivity contribution in [2.24, 2.45) is 5.92 Å². The molecule has 0 aromatic heterocycles. The summed E-state index contributed by atoms with van der Waals surface area (Å²) in [5.41, 5.74) is 0. The highest BCUT2D eigenvalue weighted by molar-refractivity contribution is 7.99. The van der Waals surface area contributed by atoms with Gasteiger partial charge in [-0.25, -0.2) is 4.79 Å². The van der Waals surface area contributed by atoms with Crippen molar-refractivity contribution >= 4 is 29.7 Å². The van der Waals surface area contributed by atoms with Crippen molar-refractivity contribution in [3.05, 3.63) is 0 Å². The number of thioether (sulfide) groups is 1. The van der Waals surface area contributed by atoms with Crippen LogP contribution < -0.4 is 10.6 Å². The summed E-state index contributed by atoms with van der Waals surface area (Å²) in [6, 6.07) is -0.544. The maximum absolute atomic E-state index is 11.3. The van der Waals surface area contributed by atoms with Gasteiger partial charge in [0.25, 0.3) is 0 Å². The van der Waals surface area contributed by atoms with Crippen molar-refractivity contribution in [3.8, 4) is 0 Å². The number of imide groups is 1. The van der Waals surface area contributed by atoms with Crippen LogP contribution >= 0.6 is 11.8 Å². The van der Waals surface area contributed by atoms with E-state index in [1.807, 2.05) is 11.8 Å². The number of carbonyl (C=O) groups is 3. The van der Waals surface area contributed by atoms with Gasteiger partial charge in [0.1, 0.15) is 0 Å². The monoisotopic (exact) mass is 260 g/mol. The van der Waals surface area contributed by atoms with E-state index in [1.54, 1.807) is 0 Å². The minimum absolute atomic E-state index is 0.179. The first kappa shape index (κ1) is 13.8. The van der Waals surface area contributed by atoms with Gasteiger partial charge in [0, 0.05) is 13.0 Å². The van der Waals surface area contributed by atoms with Crippen molar-refractivity contribution in [1.82, 2.24) is 10.6 Å². The minimum atomic E-state index is -1.05. The van der Waals surface area contributed by atoms with E-state index in [0.29, 0.717) is 12.5 Å². The third-order valence-corrected chi connectivity index (χ3v) is 3.63. The molecule has 0 bridgehead atoms. The Kier molecular flexibility index (Phi) is 5.82. The van der Waals surface area contributed by atoms with Crippen LogP contribution in [-0.4, -0.2) is 41.1 Å². The third-order valence-electron chi connectivity index (χ3n) is 2.39. The van der Waals surface area contributed by atoms with E-state index in [9.17, 15) is 14.4 Å². The van der Waals surface area contributed by atoms with Gasteiger partial charge in [-0.2, -0.15) is 11.8 Å². The summed E-state index contributed by atoms with van der Waals surface area (Å²) >= 11 is 1.86. The van der Waals surface area contributed by atoms with Crippen LogP contribution in [0.4, 0.5) is 4.79 Å². The second-order valence-corrected chi connectivity index (χ2v) is 5.03. The van der Waals surface area contributed by atoms with Gasteiger partial charge in [-0.3, -0.25) is 14.9 Å². The fraction of sp³-hybridized carbons (Fsp3) is 0.700. The van der Waals surface area contributed by atoms with Crippen molar-refractivity contribution in [1.29, 1.82) is 0 Å². The molecule has 3 amide bonds. The maximum Gasteiger partial charge on any atom is 0.321 e. The molecule has 1 unspecified atom stereocenters. The zero-order valence-corrected chi connectivity index (χ0v) is 10.2. The summed E-state index contributed by atoms with van der Waals surface area (Å²) in [4.78, 5) is 32.6. The quantitative estimate of drug-likeness (QED) is 0.666. The first-order valence-electron chi connectivity index (χ1n) is 5.45. The molecule has 1 aliphatic rings. The van der Waals surface area contributed by atoms with Crippen molar-refractivity contribution < 1.29 is 19.5 Å². The topological polar surface area (TPSA) is 95.5 Å². The molecule has 0 aromatic carbocycles. The average Bonchev–Trinajstić information content (AvgIpc) is 2.76. The average molecular weight is 260 g/mol. The minimum Gasteiger partial charge on any atom is -0.481 e. The zero-order valence-electron chi connectivity index (χ0n) is 9.40. The van der Waals surface area contributed by atoms with Crippen LogP contribution in [0.25, 0.3) is 0 Å². The molecule has 1 fully saturated rings. The predicted molar refractivity (Wildman–Crippen MR) is 63.8 cm³/mol. The number of rotatable bonds is 5. The SMILES string of the molecule is O=C(O)CCC(=O)NC(=O)NCC1CCSC1. The van der Waals surface area contributed by atoms with Gasteiger partial charge in [-0.05, 0) is 23.8 Å². The first-order chi connectivity index (χ1) is 8.08. The van der Waals surface area contributed by atoms with Gasteiger partial charge in [0.2, 0.25) is 5.91 Å². The lowest BCUT2D eigenvalue weighted by Gasteiger charge is -2.10. The van der Waals surface area contributed by atoms with E-state index in [0.717, 1.165) is 17.9 Å². The Balaban J connectivity index is 2.10. The summed E-state index contributed by atoms with van der Waals surface area (Å²) in [6.07, 6.45) is 0.637. The highest BCUT2D eigenvalue weighted by Gasteiger charge is 2.16. The fourth-order valence-corrected chi connectivity index (χ4v) is 2.72. The molecule has 1 saturated heterocycles. The number of hydrogen-bond donors (Lipinski definition) is 3. The summed E-state index contributed by atoms with van der Waals surface area (Å²) < 4.78 is 0. The van der Waals surface area contributed by atoms with Crippen LogP contribution in [-0.2, 0) is 9.59 Å². The van der Waals surface area contributed by atoms with Crippen molar-refractivity contribution in [2.75, 3.05) is 18.1 Å². The Labute approximate surface area is 104 Å². The van der Waals surface area contributed by atoms with E-state index in [-0.39, 0.29) is 12.8 Å². The van der Waals surface area contributed by atoms with Crippen molar-refractivity contribution in [2.45, 2.75) is 19.3 Å². The standard InChI is InChI=1S/C10H16N2O4S/c13-8(1-2-9(14)15)12-10(16)11-5-7-3-4-17-6-7/h7H,1-6H2,(H,14,15)(H2,11,12,13,16). The number of amides is 3. The molecule has 1 heterocycles. The number of carbonyl (C=O) groups excluding carboxylic acids is 2. The van der Waals surface area contributed by atoms with Gasteiger partial charge < -0.3 is 10.4 Å². The van der Waals surface area contributed by atoms with Crippen LogP contribution in [0.3, 0.4) is 0 Å². The molecule has 0 radical (unpaired) electrons. The molecule has 1 aliphatic heterocycles. The number of carboxylic acid groups (broad SMARTS) is 1. The molecule has 96 valence electrons. The highest BCUT2D eigenvalue weighted by atomic mass is 32.2. The number of carboxylic acids is 1. The summed E-state index contributed by atoms with van der Waals surface area (Å²) in [7, 11) is 0. The van der Waals surface area contributed by atoms with E-state index in [2.05, 4.69) is 10.6 Å². The molecule has 0 aromatic rings. The molecule has 1 rings (SSSR count). The first-order valence-corrected chi connectivity index (χ1v) is 6.60. The second kappa shape index (κ2) is 7.16. The van der Waals surface area contributed by atoms with Gasteiger partial charge in [-0.1, -0.05) is 0 Å². The Morgan fingerprint density at radius 2 is 2.06 bits per heavy atom. The van der Waals surface area contributed by atoms with Gasteiger partial charge in [0.05, 0.1) is 6.42 Å². The molecule has 0 spiro atoms. The van der Waals surface area contributed by atoms with Crippen LogP contribution in [0.1, 0.15) is 19.3 Å². The van der Waals surface area contributed by atoms with Crippen LogP contribution in [0, 0.1) is 5.92 Å². The fourth-order valence-electron chi connectivity index (χ4n) is 1.44. The van der Waals surface area contributed by atoms with Gasteiger partial charge in [-0.15, -0.1) is 0 Å². The molecule has 0 saturated carbocycles. The molecule has 3 N–H and O–H groups in total. The van der Waals surface area contributed by atoms with Crippen LogP contribution in [0.2, 0.25) is 0 Å². The predicted octanol–water partition coefficient (Wildman–Crippen LogP) is 0.430. The van der Waals surface area contributed by atoms with Gasteiger partial charge >= 0.3 is 12.0 Å². The summed E-state index contributed by atoms with van der Waals surface area (Å²) in [5, 5.41) is 13.1. The number of nitrogens with one attached hydrogen (secondary N) is 2. The van der Waals surface area contributed by atoms with E-state index >= 15 is 0 Å². The molecule has 17 heavy (non-hydrogen) atoms. The Morgan fingerprint density at radius 3 is 2.65 bits per heavy atom. The summed E-state index contributed by atoms with van der Waals surface area (Å²) in [5.74, 6) is 1.01. The van der Waals surface area contributed by atoms with E-state index < -0.39 is 17.9 Å². The lowest BCUT2D eigenvalue weighted by atomic mass is 10.1. The lowest BCUT2D eigenvalue weighted by Crippen LogP contribution is -2.41. The molecule has 0 aliphatic carbocycles. The third kappa shape index (κ3) is 6.15. The normalized spacial score (nSPS) is 18.7. The zero-order chi connectivity index (χ0) is 12.7. The van der Waals surface area contributed by atoms with Crippen molar-refractivity contribution in [3.63, 3.8) is 0 Å².